The molecule has 1 heterocycles. The summed E-state index contributed by atoms with van der Waals surface area (Å²) in [6, 6.07) is 0. The van der Waals surface area contributed by atoms with Crippen LogP contribution in [0.1, 0.15) is 13.3 Å². The fraction of sp³-hybridized carbons (Fsp3) is 0.368. The molecule has 0 aromatic carbocycles. The van der Waals surface area contributed by atoms with Gasteiger partial charge in [0.1, 0.15) is 0 Å². The lowest BCUT2D eigenvalue weighted by Crippen LogP contribution is -2.36. The number of nitrogens with zero attached hydrogens (tertiary/aromatic N) is 1. The van der Waals surface area contributed by atoms with Gasteiger partial charge in [-0.05, 0) is 32.5 Å². The molecule has 2 heteroatoms. The van der Waals surface area contributed by atoms with Crippen molar-refractivity contribution >= 4 is 11.6 Å². The van der Waals surface area contributed by atoms with E-state index in [2.05, 4.69) is 43.8 Å². The van der Waals surface area contributed by atoms with Crippen molar-refractivity contribution in [3.05, 3.63) is 72.4 Å². The maximum Gasteiger partial charge on any atom is 0.0408 e. The molecule has 0 amide bonds. The molecule has 0 saturated carbocycles. The number of rotatable bonds is 6. The molecule has 0 bridgehead atoms. The third kappa shape index (κ3) is 5.91. The zero-order valence-electron chi connectivity index (χ0n) is 13.2. The summed E-state index contributed by atoms with van der Waals surface area (Å²) in [5, 5.41) is 0.752. The molecular formula is C19H26ClN. The van der Waals surface area contributed by atoms with E-state index in [-0.39, 0.29) is 0 Å². The van der Waals surface area contributed by atoms with Gasteiger partial charge >= 0.3 is 0 Å². The van der Waals surface area contributed by atoms with Gasteiger partial charge in [-0.15, -0.1) is 6.58 Å². The molecule has 1 saturated heterocycles. The van der Waals surface area contributed by atoms with Crippen LogP contribution in [-0.4, -0.2) is 25.0 Å². The van der Waals surface area contributed by atoms with Crippen LogP contribution >= 0.6 is 11.6 Å². The van der Waals surface area contributed by atoms with Crippen LogP contribution in [-0.2, 0) is 0 Å². The van der Waals surface area contributed by atoms with Crippen LogP contribution in [0.5, 0.6) is 0 Å². The van der Waals surface area contributed by atoms with Crippen molar-refractivity contribution in [1.29, 1.82) is 0 Å². The first kappa shape index (κ1) is 17.7. The largest absolute Gasteiger partial charge is 0.305 e. The van der Waals surface area contributed by atoms with E-state index in [1.165, 1.54) is 5.57 Å². The molecule has 2 unspecified atom stereocenters. The molecule has 0 N–H and O–H groups in total. The number of piperidine rings is 1. The topological polar surface area (TPSA) is 3.24 Å². The zero-order chi connectivity index (χ0) is 15.8. The summed E-state index contributed by atoms with van der Waals surface area (Å²) in [5.41, 5.74) is 2.35. The van der Waals surface area contributed by atoms with E-state index < -0.39 is 0 Å². The lowest BCUT2D eigenvalue weighted by molar-refractivity contribution is 0.240. The Balaban J connectivity index is 3.05. The highest BCUT2D eigenvalue weighted by Gasteiger charge is 2.26. The summed E-state index contributed by atoms with van der Waals surface area (Å²) < 4.78 is 0. The number of allylic oxidation sites excluding steroid dienone is 8. The fourth-order valence-electron chi connectivity index (χ4n) is 2.64. The first-order chi connectivity index (χ1) is 9.97. The van der Waals surface area contributed by atoms with Crippen LogP contribution in [0.25, 0.3) is 0 Å². The molecule has 0 spiro atoms. The van der Waals surface area contributed by atoms with Gasteiger partial charge in [-0.2, -0.15) is 0 Å². The van der Waals surface area contributed by atoms with Gasteiger partial charge in [-0.1, -0.05) is 60.2 Å². The van der Waals surface area contributed by atoms with Gasteiger partial charge in [0.05, 0.1) is 0 Å². The van der Waals surface area contributed by atoms with Crippen molar-refractivity contribution in [2.45, 2.75) is 13.3 Å². The molecule has 1 aliphatic heterocycles. The van der Waals surface area contributed by atoms with Crippen molar-refractivity contribution in [2.24, 2.45) is 11.8 Å². The Morgan fingerprint density at radius 1 is 1.43 bits per heavy atom. The summed E-state index contributed by atoms with van der Waals surface area (Å²) in [4.78, 5) is 2.36. The van der Waals surface area contributed by atoms with Gasteiger partial charge < -0.3 is 4.90 Å². The second-order valence-electron chi connectivity index (χ2n) is 5.65. The molecule has 2 atom stereocenters. The molecule has 114 valence electrons. The van der Waals surface area contributed by atoms with Gasteiger partial charge in [0, 0.05) is 30.0 Å². The Kier molecular flexibility index (Phi) is 7.49. The Labute approximate surface area is 134 Å². The SMILES string of the molecule is C=CC=CC(C=C)C1CN(C)CC/C1=C\C(Cl)=C/C(=C)C. The average Bonchev–Trinajstić information content (AvgIpc) is 2.41. The third-order valence-corrected chi connectivity index (χ3v) is 3.90. The van der Waals surface area contributed by atoms with Gasteiger partial charge in [0.2, 0.25) is 0 Å². The smallest absolute Gasteiger partial charge is 0.0408 e. The van der Waals surface area contributed by atoms with Gasteiger partial charge in [-0.3, -0.25) is 0 Å². The highest BCUT2D eigenvalue weighted by molar-refractivity contribution is 6.31. The third-order valence-electron chi connectivity index (χ3n) is 3.68. The van der Waals surface area contributed by atoms with E-state index in [9.17, 15) is 0 Å². The lowest BCUT2D eigenvalue weighted by Gasteiger charge is -2.35. The Bertz CT molecular complexity index is 482. The van der Waals surface area contributed by atoms with Crippen LogP contribution in [0.2, 0.25) is 0 Å². The summed E-state index contributed by atoms with van der Waals surface area (Å²) >= 11 is 6.31. The molecule has 0 radical (unpaired) electrons. The van der Waals surface area contributed by atoms with E-state index >= 15 is 0 Å². The molecule has 1 nitrogen and oxygen atoms in total. The molecule has 1 aliphatic rings. The number of hydrogen-bond donors (Lipinski definition) is 0. The average molecular weight is 304 g/mol. The van der Waals surface area contributed by atoms with E-state index in [0.717, 1.165) is 30.1 Å². The minimum absolute atomic E-state index is 0.297. The van der Waals surface area contributed by atoms with Crippen molar-refractivity contribution < 1.29 is 0 Å². The number of hydrogen-bond acceptors (Lipinski definition) is 1. The van der Waals surface area contributed by atoms with Crippen LogP contribution < -0.4 is 0 Å². The highest BCUT2D eigenvalue weighted by atomic mass is 35.5. The maximum atomic E-state index is 6.31. The standard InChI is InChI=1S/C19H26ClN/c1-6-8-9-16(7-2)19-14-21(5)11-10-17(19)13-18(20)12-15(3)4/h6-9,12-13,16,19H,1-3,10-11,14H2,4-5H3/b9-8?,17-13+,18-12+. The van der Waals surface area contributed by atoms with E-state index in [0.29, 0.717) is 11.8 Å². The van der Waals surface area contributed by atoms with E-state index in [1.807, 2.05) is 25.2 Å². The molecule has 0 aromatic heterocycles. The van der Waals surface area contributed by atoms with Crippen molar-refractivity contribution in [1.82, 2.24) is 4.90 Å². The van der Waals surface area contributed by atoms with Crippen LogP contribution in [0.3, 0.4) is 0 Å². The van der Waals surface area contributed by atoms with E-state index in [1.54, 1.807) is 6.08 Å². The number of halogens is 1. The highest BCUT2D eigenvalue weighted by Crippen LogP contribution is 2.32. The van der Waals surface area contributed by atoms with Gasteiger partial charge in [0.15, 0.2) is 0 Å². The van der Waals surface area contributed by atoms with E-state index in [4.69, 9.17) is 11.6 Å². The molecule has 1 fully saturated rings. The maximum absolute atomic E-state index is 6.31. The second kappa shape index (κ2) is 8.86. The first-order valence-electron chi connectivity index (χ1n) is 7.31. The normalized spacial score (nSPS) is 24.2. The van der Waals surface area contributed by atoms with Gasteiger partial charge in [0.25, 0.3) is 0 Å². The molecule has 1 rings (SSSR count). The predicted molar refractivity (Wildman–Crippen MR) is 95.5 cm³/mol. The lowest BCUT2D eigenvalue weighted by atomic mass is 9.81. The Hall–Kier alpha value is -1.31. The summed E-state index contributed by atoms with van der Waals surface area (Å²) in [7, 11) is 2.16. The van der Waals surface area contributed by atoms with Gasteiger partial charge in [-0.25, -0.2) is 0 Å². The van der Waals surface area contributed by atoms with Crippen LogP contribution in [0.4, 0.5) is 0 Å². The predicted octanol–water partition coefficient (Wildman–Crippen LogP) is 5.11. The van der Waals surface area contributed by atoms with Crippen molar-refractivity contribution in [3.8, 4) is 0 Å². The minimum Gasteiger partial charge on any atom is -0.305 e. The summed E-state index contributed by atoms with van der Waals surface area (Å²) in [5.74, 6) is 0.705. The Morgan fingerprint density at radius 2 is 2.14 bits per heavy atom. The molecule has 21 heavy (non-hydrogen) atoms. The fourth-order valence-corrected chi connectivity index (χ4v) is 2.96. The summed E-state index contributed by atoms with van der Waals surface area (Å²) in [6.45, 7) is 15.6. The van der Waals surface area contributed by atoms with Crippen molar-refractivity contribution in [2.75, 3.05) is 20.1 Å². The molecule has 0 aliphatic carbocycles. The first-order valence-corrected chi connectivity index (χ1v) is 7.69. The zero-order valence-corrected chi connectivity index (χ0v) is 13.9. The monoisotopic (exact) mass is 303 g/mol. The quantitative estimate of drug-likeness (QED) is 0.487. The van der Waals surface area contributed by atoms with Crippen molar-refractivity contribution in [3.63, 3.8) is 0 Å². The molecule has 0 aromatic rings. The number of likely N-dealkylation sites (tertiary alicyclic amines) is 1. The Morgan fingerprint density at radius 3 is 2.71 bits per heavy atom. The summed E-state index contributed by atoms with van der Waals surface area (Å²) in [6.07, 6.45) is 13.0. The molecular weight excluding hydrogens is 278 g/mol. The van der Waals surface area contributed by atoms with Crippen LogP contribution in [0.15, 0.2) is 72.4 Å². The van der Waals surface area contributed by atoms with Crippen LogP contribution in [0, 0.1) is 11.8 Å². The minimum atomic E-state index is 0.297. The second-order valence-corrected chi connectivity index (χ2v) is 6.08.